The second kappa shape index (κ2) is 4.70. The summed E-state index contributed by atoms with van der Waals surface area (Å²) in [6, 6.07) is 0.363. The van der Waals surface area contributed by atoms with Crippen molar-refractivity contribution >= 4 is 0 Å². The van der Waals surface area contributed by atoms with Gasteiger partial charge in [-0.3, -0.25) is 4.90 Å². The van der Waals surface area contributed by atoms with Gasteiger partial charge in [0.25, 0.3) is 0 Å². The first-order valence-electron chi connectivity index (χ1n) is 4.34. The molecule has 0 unspecified atom stereocenters. The molecule has 1 fully saturated rings. The summed E-state index contributed by atoms with van der Waals surface area (Å²) in [6.45, 7) is 2.55. The van der Waals surface area contributed by atoms with Crippen LogP contribution in [-0.4, -0.2) is 47.5 Å². The number of nitrogens with zero attached hydrogens (tertiary/aromatic N) is 1. The fraction of sp³-hybridized carbons (Fsp3) is 1.00. The molecule has 2 N–H and O–H groups in total. The molecule has 0 spiro atoms. The minimum absolute atomic E-state index is 0.259. The molecule has 0 aliphatic carbocycles. The summed E-state index contributed by atoms with van der Waals surface area (Å²) in [7, 11) is 0. The molecule has 0 aromatic carbocycles. The Balaban J connectivity index is 2.20. The summed E-state index contributed by atoms with van der Waals surface area (Å²) in [6.07, 6.45) is 3.13. The van der Waals surface area contributed by atoms with E-state index in [4.69, 9.17) is 10.2 Å². The summed E-state index contributed by atoms with van der Waals surface area (Å²) >= 11 is 0. The maximum Gasteiger partial charge on any atom is 0.0586 e. The first kappa shape index (κ1) is 8.97. The zero-order chi connectivity index (χ0) is 8.10. The smallest absolute Gasteiger partial charge is 0.0586 e. The number of likely N-dealkylation sites (tertiary alicyclic amines) is 1. The van der Waals surface area contributed by atoms with Gasteiger partial charge in [0, 0.05) is 19.2 Å². The monoisotopic (exact) mass is 159 g/mol. The number of aliphatic hydroxyl groups is 2. The Morgan fingerprint density at radius 3 is 2.82 bits per heavy atom. The van der Waals surface area contributed by atoms with Crippen LogP contribution in [0.3, 0.4) is 0 Å². The third-order valence-electron chi connectivity index (χ3n) is 2.31. The second-order valence-corrected chi connectivity index (χ2v) is 3.09. The molecule has 0 amide bonds. The van der Waals surface area contributed by atoms with E-state index in [0.29, 0.717) is 6.04 Å². The maximum atomic E-state index is 8.93. The lowest BCUT2D eigenvalue weighted by molar-refractivity contribution is 0.148. The van der Waals surface area contributed by atoms with E-state index in [1.165, 1.54) is 6.42 Å². The van der Waals surface area contributed by atoms with Crippen LogP contribution in [0.4, 0.5) is 0 Å². The van der Waals surface area contributed by atoms with E-state index in [2.05, 4.69) is 4.90 Å². The average Bonchev–Trinajstić information content (AvgIpc) is 2.47. The molecule has 0 bridgehead atoms. The molecular formula is C8H17NO2. The molecule has 1 rings (SSSR count). The van der Waals surface area contributed by atoms with Crippen LogP contribution in [0.5, 0.6) is 0 Å². The molecule has 1 heterocycles. The van der Waals surface area contributed by atoms with Gasteiger partial charge in [-0.05, 0) is 25.8 Å². The van der Waals surface area contributed by atoms with E-state index in [1.54, 1.807) is 0 Å². The molecule has 3 heteroatoms. The number of aliphatic hydroxyl groups excluding tert-OH is 2. The molecule has 66 valence electrons. The fourth-order valence-electron chi connectivity index (χ4n) is 1.67. The number of hydrogen-bond acceptors (Lipinski definition) is 3. The quantitative estimate of drug-likeness (QED) is 0.598. The van der Waals surface area contributed by atoms with E-state index in [9.17, 15) is 0 Å². The molecule has 0 aromatic rings. The van der Waals surface area contributed by atoms with Gasteiger partial charge < -0.3 is 10.2 Å². The van der Waals surface area contributed by atoms with Crippen molar-refractivity contribution in [2.45, 2.75) is 25.3 Å². The summed E-state index contributed by atoms with van der Waals surface area (Å²) in [5.41, 5.74) is 0. The Hall–Kier alpha value is -0.120. The van der Waals surface area contributed by atoms with Crippen LogP contribution in [0.25, 0.3) is 0 Å². The lowest BCUT2D eigenvalue weighted by Gasteiger charge is -2.21. The topological polar surface area (TPSA) is 43.7 Å². The van der Waals surface area contributed by atoms with Gasteiger partial charge in [-0.2, -0.15) is 0 Å². The maximum absolute atomic E-state index is 8.93. The van der Waals surface area contributed by atoms with E-state index >= 15 is 0 Å². The summed E-state index contributed by atoms with van der Waals surface area (Å²) in [4.78, 5) is 2.26. The zero-order valence-corrected chi connectivity index (χ0v) is 6.87. The van der Waals surface area contributed by atoms with E-state index in [1.807, 2.05) is 0 Å². The molecule has 0 radical (unpaired) electrons. The molecule has 1 saturated heterocycles. The highest BCUT2D eigenvalue weighted by molar-refractivity contribution is 4.77. The van der Waals surface area contributed by atoms with Crippen molar-refractivity contribution in [3.8, 4) is 0 Å². The summed E-state index contributed by atoms with van der Waals surface area (Å²) in [5.74, 6) is 0. The molecule has 3 nitrogen and oxygen atoms in total. The van der Waals surface area contributed by atoms with Gasteiger partial charge in [0.15, 0.2) is 0 Å². The van der Waals surface area contributed by atoms with Gasteiger partial charge in [-0.15, -0.1) is 0 Å². The Labute approximate surface area is 67.6 Å². The zero-order valence-electron chi connectivity index (χ0n) is 6.87. The van der Waals surface area contributed by atoms with Crippen molar-refractivity contribution in [1.29, 1.82) is 0 Å². The van der Waals surface area contributed by atoms with Crippen LogP contribution in [0.1, 0.15) is 19.3 Å². The fourth-order valence-corrected chi connectivity index (χ4v) is 1.67. The number of rotatable bonds is 4. The molecule has 0 aromatic heterocycles. The highest BCUT2D eigenvalue weighted by Crippen LogP contribution is 2.16. The van der Waals surface area contributed by atoms with Crippen molar-refractivity contribution in [3.05, 3.63) is 0 Å². The molecular weight excluding hydrogens is 142 g/mol. The predicted molar refractivity (Wildman–Crippen MR) is 43.4 cm³/mol. The van der Waals surface area contributed by atoms with Gasteiger partial charge in [0.05, 0.1) is 6.61 Å². The van der Waals surface area contributed by atoms with Crippen molar-refractivity contribution < 1.29 is 10.2 Å². The Morgan fingerprint density at radius 1 is 1.36 bits per heavy atom. The number of hydrogen-bond donors (Lipinski definition) is 2. The second-order valence-electron chi connectivity index (χ2n) is 3.09. The normalized spacial score (nSPS) is 26.2. The van der Waals surface area contributed by atoms with Crippen molar-refractivity contribution in [2.24, 2.45) is 0 Å². The van der Waals surface area contributed by atoms with Crippen LogP contribution in [0.2, 0.25) is 0 Å². The molecule has 11 heavy (non-hydrogen) atoms. The standard InChI is InChI=1S/C8H17NO2/c10-6-2-5-9-4-1-3-8(9)7-11/h8,10-11H,1-7H2/t8-/m1/s1. The van der Waals surface area contributed by atoms with E-state index < -0.39 is 0 Å². The highest BCUT2D eigenvalue weighted by Gasteiger charge is 2.22. The van der Waals surface area contributed by atoms with E-state index in [-0.39, 0.29) is 13.2 Å². The third-order valence-corrected chi connectivity index (χ3v) is 2.31. The largest absolute Gasteiger partial charge is 0.396 e. The lowest BCUT2D eigenvalue weighted by atomic mass is 10.2. The van der Waals surface area contributed by atoms with Gasteiger partial charge in [-0.1, -0.05) is 0 Å². The lowest BCUT2D eigenvalue weighted by Crippen LogP contribution is -2.33. The minimum atomic E-state index is 0.259. The van der Waals surface area contributed by atoms with Crippen molar-refractivity contribution in [1.82, 2.24) is 4.90 Å². The predicted octanol–water partition coefficient (Wildman–Crippen LogP) is -0.175. The van der Waals surface area contributed by atoms with Gasteiger partial charge >= 0.3 is 0 Å². The third kappa shape index (κ3) is 2.43. The van der Waals surface area contributed by atoms with Gasteiger partial charge in [0.1, 0.15) is 0 Å². The summed E-state index contributed by atoms with van der Waals surface area (Å²) < 4.78 is 0. The molecule has 1 aliphatic heterocycles. The van der Waals surface area contributed by atoms with E-state index in [0.717, 1.165) is 25.9 Å². The van der Waals surface area contributed by atoms with Crippen LogP contribution in [0, 0.1) is 0 Å². The minimum Gasteiger partial charge on any atom is -0.396 e. The summed E-state index contributed by atoms with van der Waals surface area (Å²) in [5, 5.41) is 17.5. The first-order valence-corrected chi connectivity index (χ1v) is 4.34. The van der Waals surface area contributed by atoms with Gasteiger partial charge in [-0.25, -0.2) is 0 Å². The van der Waals surface area contributed by atoms with Crippen molar-refractivity contribution in [3.63, 3.8) is 0 Å². The Bertz CT molecular complexity index is 108. The Morgan fingerprint density at radius 2 is 2.18 bits per heavy atom. The first-order chi connectivity index (χ1) is 5.38. The molecule has 1 atom stereocenters. The average molecular weight is 159 g/mol. The molecule has 1 aliphatic rings. The van der Waals surface area contributed by atoms with Crippen molar-refractivity contribution in [2.75, 3.05) is 26.3 Å². The highest BCUT2D eigenvalue weighted by atomic mass is 16.3. The molecule has 0 saturated carbocycles. The van der Waals surface area contributed by atoms with Crippen LogP contribution >= 0.6 is 0 Å². The van der Waals surface area contributed by atoms with Crippen LogP contribution < -0.4 is 0 Å². The Kier molecular flexibility index (Phi) is 3.83. The SMILES string of the molecule is OCCCN1CCC[C@@H]1CO. The van der Waals surface area contributed by atoms with Crippen LogP contribution in [-0.2, 0) is 0 Å². The van der Waals surface area contributed by atoms with Gasteiger partial charge in [0.2, 0.25) is 0 Å². The van der Waals surface area contributed by atoms with Crippen LogP contribution in [0.15, 0.2) is 0 Å².